The van der Waals surface area contributed by atoms with Crippen molar-refractivity contribution >= 4 is 44.2 Å². The van der Waals surface area contributed by atoms with E-state index >= 15 is 0 Å². The van der Waals surface area contributed by atoms with Crippen molar-refractivity contribution in [3.63, 3.8) is 0 Å². The summed E-state index contributed by atoms with van der Waals surface area (Å²) in [6.45, 7) is 2.85. The molecule has 0 fully saturated rings. The minimum Gasteiger partial charge on any atom is -0.494 e. The molecule has 0 radical (unpaired) electrons. The maximum atomic E-state index is 13.2. The van der Waals surface area contributed by atoms with E-state index in [2.05, 4.69) is 4.98 Å². The number of carbonyl (C=O) groups is 1. The van der Waals surface area contributed by atoms with Gasteiger partial charge in [0.1, 0.15) is 17.0 Å². The first-order valence-electron chi connectivity index (χ1n) is 9.23. The predicted molar refractivity (Wildman–Crippen MR) is 116 cm³/mol. The van der Waals surface area contributed by atoms with Crippen LogP contribution < -0.4 is 9.64 Å². The van der Waals surface area contributed by atoms with Crippen LogP contribution in [0.5, 0.6) is 5.75 Å². The Bertz CT molecular complexity index is 1110. The topological polar surface area (TPSA) is 55.6 Å². The van der Waals surface area contributed by atoms with Gasteiger partial charge in [0.15, 0.2) is 5.13 Å². The number of hydrogen-bond donors (Lipinski definition) is 0. The van der Waals surface area contributed by atoms with Crippen LogP contribution in [0.25, 0.3) is 10.2 Å². The van der Waals surface area contributed by atoms with Gasteiger partial charge in [-0.25, -0.2) is 4.98 Å². The third kappa shape index (κ3) is 4.44. The van der Waals surface area contributed by atoms with Gasteiger partial charge in [-0.3, -0.25) is 9.69 Å². The van der Waals surface area contributed by atoms with Crippen molar-refractivity contribution in [2.24, 2.45) is 0 Å². The summed E-state index contributed by atoms with van der Waals surface area (Å²) in [5.74, 6) is 1.41. The summed E-state index contributed by atoms with van der Waals surface area (Å²) in [6, 6.07) is 16.8. The predicted octanol–water partition coefficient (Wildman–Crippen LogP) is 5.72. The van der Waals surface area contributed by atoms with Crippen LogP contribution in [0.15, 0.2) is 65.3 Å². The van der Waals surface area contributed by atoms with E-state index < -0.39 is 0 Å². The molecule has 0 aliphatic carbocycles. The van der Waals surface area contributed by atoms with Gasteiger partial charge in [-0.15, -0.1) is 0 Å². The van der Waals surface area contributed by atoms with Crippen molar-refractivity contribution in [2.45, 2.75) is 19.9 Å². The summed E-state index contributed by atoms with van der Waals surface area (Å²) < 4.78 is 11.9. The van der Waals surface area contributed by atoms with E-state index in [-0.39, 0.29) is 12.3 Å². The summed E-state index contributed by atoms with van der Waals surface area (Å²) in [6.07, 6.45) is 1.84. The zero-order valence-corrected chi connectivity index (χ0v) is 17.4. The molecule has 148 valence electrons. The van der Waals surface area contributed by atoms with Crippen LogP contribution in [-0.2, 0) is 17.8 Å². The number of hydrogen-bond acceptors (Lipinski definition) is 5. The molecule has 0 N–H and O–H groups in total. The van der Waals surface area contributed by atoms with E-state index in [9.17, 15) is 4.79 Å². The van der Waals surface area contributed by atoms with E-state index in [0.29, 0.717) is 34.6 Å². The van der Waals surface area contributed by atoms with E-state index in [1.165, 1.54) is 11.3 Å². The highest BCUT2D eigenvalue weighted by molar-refractivity contribution is 7.22. The first-order chi connectivity index (χ1) is 14.1. The molecular weight excluding hydrogens is 408 g/mol. The quantitative estimate of drug-likeness (QED) is 0.379. The maximum Gasteiger partial charge on any atom is 0.233 e. The minimum absolute atomic E-state index is 0.0688. The second-order valence-corrected chi connectivity index (χ2v) is 7.81. The fourth-order valence-corrected chi connectivity index (χ4v) is 4.26. The molecule has 0 bridgehead atoms. The van der Waals surface area contributed by atoms with E-state index in [0.717, 1.165) is 16.0 Å². The summed E-state index contributed by atoms with van der Waals surface area (Å²) in [5, 5.41) is 1.17. The number of carbonyl (C=O) groups excluding carboxylic acids is 1. The van der Waals surface area contributed by atoms with Crippen LogP contribution in [0.2, 0.25) is 5.02 Å². The summed E-state index contributed by atoms with van der Waals surface area (Å²) in [7, 11) is 0. The number of anilines is 1. The average Bonchev–Trinajstić information content (AvgIpc) is 3.38. The molecule has 0 spiro atoms. The number of nitrogens with zero attached hydrogens (tertiary/aromatic N) is 2. The molecule has 0 saturated heterocycles. The molecule has 0 saturated carbocycles. The van der Waals surface area contributed by atoms with Crippen LogP contribution in [-0.4, -0.2) is 17.5 Å². The second kappa shape index (κ2) is 8.68. The number of benzene rings is 2. The van der Waals surface area contributed by atoms with Crippen molar-refractivity contribution in [1.82, 2.24) is 4.98 Å². The third-order valence-electron chi connectivity index (χ3n) is 4.37. The molecular formula is C22H19ClN2O3S. The van der Waals surface area contributed by atoms with Gasteiger partial charge in [-0.05, 0) is 48.9 Å². The Balaban J connectivity index is 1.62. The van der Waals surface area contributed by atoms with Crippen molar-refractivity contribution in [1.29, 1.82) is 0 Å². The number of fused-ring (bicyclic) bond motifs is 1. The molecule has 0 aliphatic heterocycles. The number of para-hydroxylation sites is 1. The van der Waals surface area contributed by atoms with Crippen LogP contribution >= 0.6 is 22.9 Å². The maximum absolute atomic E-state index is 13.2. The van der Waals surface area contributed by atoms with Crippen LogP contribution in [0, 0.1) is 0 Å². The van der Waals surface area contributed by atoms with Crippen LogP contribution in [0.1, 0.15) is 18.2 Å². The molecule has 4 aromatic rings. The molecule has 0 atom stereocenters. The number of aromatic nitrogens is 1. The van der Waals surface area contributed by atoms with Gasteiger partial charge < -0.3 is 9.15 Å². The number of ether oxygens (including phenoxy) is 1. The lowest BCUT2D eigenvalue weighted by Crippen LogP contribution is -2.31. The van der Waals surface area contributed by atoms with Crippen LogP contribution in [0.3, 0.4) is 0 Å². The lowest BCUT2D eigenvalue weighted by Gasteiger charge is -2.19. The number of rotatable bonds is 7. The normalized spacial score (nSPS) is 11.0. The summed E-state index contributed by atoms with van der Waals surface area (Å²) >= 11 is 7.72. The van der Waals surface area contributed by atoms with Crippen LogP contribution in [0.4, 0.5) is 5.13 Å². The molecule has 7 heteroatoms. The van der Waals surface area contributed by atoms with Gasteiger partial charge in [0.2, 0.25) is 5.91 Å². The van der Waals surface area contributed by atoms with Crippen molar-refractivity contribution in [2.75, 3.05) is 11.5 Å². The first-order valence-corrected chi connectivity index (χ1v) is 10.4. The molecule has 2 aromatic heterocycles. The lowest BCUT2D eigenvalue weighted by atomic mass is 10.1. The third-order valence-corrected chi connectivity index (χ3v) is 5.72. The van der Waals surface area contributed by atoms with E-state index in [1.54, 1.807) is 23.3 Å². The fourth-order valence-electron chi connectivity index (χ4n) is 2.98. The Morgan fingerprint density at radius 3 is 2.69 bits per heavy atom. The smallest absolute Gasteiger partial charge is 0.233 e. The van der Waals surface area contributed by atoms with Gasteiger partial charge in [-0.2, -0.15) is 0 Å². The molecule has 0 unspecified atom stereocenters. The number of amides is 1. The molecule has 2 aromatic carbocycles. The van der Waals surface area contributed by atoms with Gasteiger partial charge in [0, 0.05) is 0 Å². The zero-order valence-electron chi connectivity index (χ0n) is 15.8. The molecule has 5 nitrogen and oxygen atoms in total. The first kappa shape index (κ1) is 19.5. The average molecular weight is 427 g/mol. The molecule has 4 rings (SSSR count). The largest absolute Gasteiger partial charge is 0.494 e. The Morgan fingerprint density at radius 1 is 1.17 bits per heavy atom. The standard InChI is InChI=1S/C22H19ClN2O3S/c1-2-27-16-10-8-15(9-11-16)13-20(26)25(14-17-5-4-12-28-17)22-24-21-18(23)6-3-7-19(21)29-22/h3-12H,2,13-14H2,1H3. The second-order valence-electron chi connectivity index (χ2n) is 6.40. The number of furan rings is 1. The number of halogens is 1. The summed E-state index contributed by atoms with van der Waals surface area (Å²) in [5.41, 5.74) is 1.61. The zero-order chi connectivity index (χ0) is 20.2. The van der Waals surface area contributed by atoms with Gasteiger partial charge >= 0.3 is 0 Å². The fraction of sp³-hybridized carbons (Fsp3) is 0.182. The summed E-state index contributed by atoms with van der Waals surface area (Å²) in [4.78, 5) is 19.5. The molecule has 29 heavy (non-hydrogen) atoms. The molecule has 0 aliphatic rings. The van der Waals surface area contributed by atoms with Crippen molar-refractivity contribution in [3.05, 3.63) is 77.2 Å². The Hall–Kier alpha value is -2.83. The SMILES string of the molecule is CCOc1ccc(CC(=O)N(Cc2ccco2)c2nc3c(Cl)cccc3s2)cc1. The highest BCUT2D eigenvalue weighted by atomic mass is 35.5. The Labute approximate surface area is 177 Å². The molecule has 2 heterocycles. The monoisotopic (exact) mass is 426 g/mol. The Kier molecular flexibility index (Phi) is 5.83. The Morgan fingerprint density at radius 2 is 2.00 bits per heavy atom. The van der Waals surface area contributed by atoms with Crippen molar-refractivity contribution < 1.29 is 13.9 Å². The van der Waals surface area contributed by atoms with Gasteiger partial charge in [0.25, 0.3) is 0 Å². The lowest BCUT2D eigenvalue weighted by molar-refractivity contribution is -0.118. The molecule has 1 amide bonds. The highest BCUT2D eigenvalue weighted by Gasteiger charge is 2.22. The number of thiazole rings is 1. The van der Waals surface area contributed by atoms with E-state index in [1.807, 2.05) is 49.4 Å². The van der Waals surface area contributed by atoms with Gasteiger partial charge in [-0.1, -0.05) is 41.1 Å². The van der Waals surface area contributed by atoms with Gasteiger partial charge in [0.05, 0.1) is 35.6 Å². The minimum atomic E-state index is -0.0688. The van der Waals surface area contributed by atoms with E-state index in [4.69, 9.17) is 20.8 Å². The van der Waals surface area contributed by atoms with Crippen molar-refractivity contribution in [3.8, 4) is 5.75 Å². The highest BCUT2D eigenvalue weighted by Crippen LogP contribution is 2.33.